The Morgan fingerprint density at radius 2 is 1.94 bits per heavy atom. The molecule has 1 aromatic heterocycles. The molecule has 5 nitrogen and oxygen atoms in total. The van der Waals surface area contributed by atoms with E-state index in [4.69, 9.17) is 22.1 Å². The Bertz CT molecular complexity index is 1210. The lowest BCUT2D eigenvalue weighted by Gasteiger charge is -2.26. The van der Waals surface area contributed by atoms with E-state index in [9.17, 15) is 4.79 Å². The van der Waals surface area contributed by atoms with Crippen LogP contribution in [0.25, 0.3) is 10.8 Å². The third-order valence-electron chi connectivity index (χ3n) is 5.78. The van der Waals surface area contributed by atoms with Crippen molar-refractivity contribution < 1.29 is 9.53 Å². The Hall–Kier alpha value is -3.15. The molecular weight excluding hydrogens is 422 g/mol. The van der Waals surface area contributed by atoms with Crippen molar-refractivity contribution in [2.45, 2.75) is 38.5 Å². The number of aryl methyl sites for hydroxylation is 1. The first kappa shape index (κ1) is 22.1. The van der Waals surface area contributed by atoms with Crippen molar-refractivity contribution in [1.82, 2.24) is 9.55 Å². The highest BCUT2D eigenvalue weighted by atomic mass is 35.5. The second-order valence-corrected chi connectivity index (χ2v) is 8.40. The Kier molecular flexibility index (Phi) is 6.88. The van der Waals surface area contributed by atoms with Gasteiger partial charge in [-0.1, -0.05) is 66.2 Å². The summed E-state index contributed by atoms with van der Waals surface area (Å²) in [4.78, 5) is 15.7. The van der Waals surface area contributed by atoms with Crippen LogP contribution >= 0.6 is 11.6 Å². The Morgan fingerprint density at radius 1 is 1.12 bits per heavy atom. The van der Waals surface area contributed by atoms with Gasteiger partial charge in [0.25, 0.3) is 5.91 Å². The molecule has 2 N–H and O–H groups in total. The van der Waals surface area contributed by atoms with Gasteiger partial charge in [-0.2, -0.15) is 0 Å². The molecule has 3 aromatic carbocycles. The van der Waals surface area contributed by atoms with Crippen LogP contribution in [-0.4, -0.2) is 21.6 Å². The van der Waals surface area contributed by atoms with Crippen molar-refractivity contribution in [3.05, 3.63) is 101 Å². The van der Waals surface area contributed by atoms with Gasteiger partial charge in [0.2, 0.25) is 0 Å². The first-order valence-electron chi connectivity index (χ1n) is 10.7. The van der Waals surface area contributed by atoms with Gasteiger partial charge in [0.05, 0.1) is 25.1 Å². The van der Waals surface area contributed by atoms with E-state index in [1.54, 1.807) is 12.5 Å². The summed E-state index contributed by atoms with van der Waals surface area (Å²) in [6.07, 6.45) is 4.88. The van der Waals surface area contributed by atoms with Gasteiger partial charge in [-0.05, 0) is 53.8 Å². The number of carbonyl (C=O) groups is 1. The Morgan fingerprint density at radius 3 is 2.69 bits per heavy atom. The summed E-state index contributed by atoms with van der Waals surface area (Å²) in [6, 6.07) is 22.3. The number of imidazole rings is 1. The number of halogens is 1. The normalized spacial score (nSPS) is 13.2. The Labute approximate surface area is 192 Å². The van der Waals surface area contributed by atoms with Gasteiger partial charge < -0.3 is 15.0 Å². The third-order valence-corrected chi connectivity index (χ3v) is 6.01. The van der Waals surface area contributed by atoms with E-state index < -0.39 is 5.91 Å². The van der Waals surface area contributed by atoms with Gasteiger partial charge in [0, 0.05) is 11.2 Å². The van der Waals surface area contributed by atoms with Crippen molar-refractivity contribution in [2.75, 3.05) is 0 Å². The van der Waals surface area contributed by atoms with E-state index in [2.05, 4.69) is 30.1 Å². The van der Waals surface area contributed by atoms with Crippen LogP contribution < -0.4 is 5.73 Å². The molecule has 32 heavy (non-hydrogen) atoms. The zero-order chi connectivity index (χ0) is 22.5. The van der Waals surface area contributed by atoms with Gasteiger partial charge >= 0.3 is 0 Å². The van der Waals surface area contributed by atoms with Crippen LogP contribution in [0.2, 0.25) is 5.02 Å². The summed E-state index contributed by atoms with van der Waals surface area (Å²) >= 11 is 6.26. The molecule has 0 bridgehead atoms. The zero-order valence-electron chi connectivity index (χ0n) is 17.9. The molecule has 6 heteroatoms. The fourth-order valence-electron chi connectivity index (χ4n) is 4.02. The summed E-state index contributed by atoms with van der Waals surface area (Å²) in [5, 5.41) is 3.04. The SMILES string of the molecule is C[C@H](OCc1ccccc1)[C@@H](CCc1cccc2ccc(Cl)cc12)n1cnc(C(N)=O)c1. The van der Waals surface area contributed by atoms with Gasteiger partial charge in [-0.3, -0.25) is 4.79 Å². The molecular formula is C26H26ClN3O2. The lowest BCUT2D eigenvalue weighted by molar-refractivity contribution is 0.0149. The number of nitrogens with zero attached hydrogens (tertiary/aromatic N) is 2. The molecule has 1 amide bonds. The predicted molar refractivity (Wildman–Crippen MR) is 128 cm³/mol. The lowest BCUT2D eigenvalue weighted by Crippen LogP contribution is -2.24. The minimum atomic E-state index is -0.538. The number of primary amides is 1. The van der Waals surface area contributed by atoms with Crippen molar-refractivity contribution in [3.8, 4) is 0 Å². The summed E-state index contributed by atoms with van der Waals surface area (Å²) in [5.41, 5.74) is 8.01. The molecule has 1 heterocycles. The molecule has 4 aromatic rings. The highest BCUT2D eigenvalue weighted by Gasteiger charge is 2.22. The van der Waals surface area contributed by atoms with Gasteiger partial charge in [0.15, 0.2) is 0 Å². The molecule has 0 fully saturated rings. The number of hydrogen-bond donors (Lipinski definition) is 1. The second-order valence-electron chi connectivity index (χ2n) is 7.96. The Balaban J connectivity index is 1.56. The molecule has 0 saturated heterocycles. The van der Waals surface area contributed by atoms with Crippen LogP contribution in [0.4, 0.5) is 0 Å². The number of fused-ring (bicyclic) bond motifs is 1. The molecule has 0 aliphatic heterocycles. The number of hydrogen-bond acceptors (Lipinski definition) is 3. The molecule has 0 spiro atoms. The maximum Gasteiger partial charge on any atom is 0.268 e. The van der Waals surface area contributed by atoms with Crippen LogP contribution in [0, 0.1) is 0 Å². The van der Waals surface area contributed by atoms with Crippen molar-refractivity contribution in [1.29, 1.82) is 0 Å². The fourth-order valence-corrected chi connectivity index (χ4v) is 4.19. The molecule has 0 unspecified atom stereocenters. The highest BCUT2D eigenvalue weighted by molar-refractivity contribution is 6.31. The quantitative estimate of drug-likeness (QED) is 0.364. The number of carbonyl (C=O) groups excluding carboxylic acids is 1. The highest BCUT2D eigenvalue weighted by Crippen LogP contribution is 2.28. The maximum absolute atomic E-state index is 11.6. The van der Waals surface area contributed by atoms with Gasteiger partial charge in [-0.25, -0.2) is 4.98 Å². The minimum Gasteiger partial charge on any atom is -0.372 e. The minimum absolute atomic E-state index is 0.0197. The van der Waals surface area contributed by atoms with Crippen LogP contribution in [0.5, 0.6) is 0 Å². The van der Waals surface area contributed by atoms with Crippen LogP contribution in [0.3, 0.4) is 0 Å². The second kappa shape index (κ2) is 9.98. The average molecular weight is 448 g/mol. The van der Waals surface area contributed by atoms with E-state index >= 15 is 0 Å². The van der Waals surface area contributed by atoms with Crippen molar-refractivity contribution in [2.24, 2.45) is 5.73 Å². The summed E-state index contributed by atoms with van der Waals surface area (Å²) < 4.78 is 8.16. The molecule has 4 rings (SSSR count). The molecule has 2 atom stereocenters. The number of amides is 1. The largest absolute Gasteiger partial charge is 0.372 e. The van der Waals surface area contributed by atoms with E-state index in [0.29, 0.717) is 6.61 Å². The number of benzene rings is 3. The maximum atomic E-state index is 11.6. The number of rotatable bonds is 9. The third kappa shape index (κ3) is 5.18. The van der Waals surface area contributed by atoms with Gasteiger partial charge in [0.1, 0.15) is 5.69 Å². The smallest absolute Gasteiger partial charge is 0.268 e. The summed E-state index contributed by atoms with van der Waals surface area (Å²) in [6.45, 7) is 2.57. The average Bonchev–Trinajstić information content (AvgIpc) is 3.29. The predicted octanol–water partition coefficient (Wildman–Crippen LogP) is 5.57. The molecule has 0 aliphatic carbocycles. The van der Waals surface area contributed by atoms with E-state index in [0.717, 1.165) is 34.2 Å². The number of ether oxygens (including phenoxy) is 1. The molecule has 0 saturated carbocycles. The molecule has 0 aliphatic rings. The molecule has 164 valence electrons. The summed E-state index contributed by atoms with van der Waals surface area (Å²) in [7, 11) is 0. The van der Waals surface area contributed by atoms with Gasteiger partial charge in [-0.15, -0.1) is 0 Å². The summed E-state index contributed by atoms with van der Waals surface area (Å²) in [5.74, 6) is -0.538. The lowest BCUT2D eigenvalue weighted by atomic mass is 9.97. The molecule has 0 radical (unpaired) electrons. The topological polar surface area (TPSA) is 70.1 Å². The van der Waals surface area contributed by atoms with Crippen LogP contribution in [-0.2, 0) is 17.8 Å². The number of nitrogens with two attached hydrogens (primary N) is 1. The van der Waals surface area contributed by atoms with Crippen molar-refractivity contribution in [3.63, 3.8) is 0 Å². The first-order chi connectivity index (χ1) is 15.5. The van der Waals surface area contributed by atoms with Crippen LogP contribution in [0.15, 0.2) is 79.3 Å². The first-order valence-corrected chi connectivity index (χ1v) is 11.0. The van der Waals surface area contributed by atoms with E-state index in [-0.39, 0.29) is 17.8 Å². The van der Waals surface area contributed by atoms with E-state index in [1.807, 2.05) is 53.1 Å². The fraction of sp³-hybridized carbons (Fsp3) is 0.231. The zero-order valence-corrected chi connectivity index (χ0v) is 18.7. The van der Waals surface area contributed by atoms with E-state index in [1.165, 1.54) is 5.56 Å². The standard InChI is InChI=1S/C26H26ClN3O2/c1-18(32-16-19-6-3-2-4-7-19)25(30-15-24(26(28)31)29-17-30)13-11-21-9-5-8-20-10-12-22(27)14-23(20)21/h2-10,12,14-15,17-18,25H,11,13,16H2,1H3,(H2,28,31)/t18-,25+/m0/s1. The van der Waals surface area contributed by atoms with Crippen LogP contribution in [0.1, 0.15) is 41.0 Å². The number of aromatic nitrogens is 2. The monoisotopic (exact) mass is 447 g/mol. The van der Waals surface area contributed by atoms with Crippen molar-refractivity contribution >= 4 is 28.3 Å².